The highest BCUT2D eigenvalue weighted by atomic mass is 16.5. The summed E-state index contributed by atoms with van der Waals surface area (Å²) in [6.45, 7) is 2.10. The molecule has 1 N–H and O–H groups in total. The van der Waals surface area contributed by atoms with E-state index in [-0.39, 0.29) is 24.9 Å². The second kappa shape index (κ2) is 4.30. The number of hydrogen-bond donors (Lipinski definition) is 1. The fourth-order valence-electron chi connectivity index (χ4n) is 1.62. The zero-order valence-corrected chi connectivity index (χ0v) is 8.84. The number of nitrogens with one attached hydrogen (secondary N) is 1. The molecule has 86 valence electrons. The maximum atomic E-state index is 11.9. The Morgan fingerprint density at radius 1 is 1.62 bits per heavy atom. The summed E-state index contributed by atoms with van der Waals surface area (Å²) in [7, 11) is 0. The second-order valence-electron chi connectivity index (χ2n) is 3.57. The highest BCUT2D eigenvalue weighted by molar-refractivity contribution is 5.94. The number of carbonyl (C=O) groups is 2. The van der Waals surface area contributed by atoms with Crippen LogP contribution < -0.4 is 5.32 Å². The Morgan fingerprint density at radius 2 is 2.44 bits per heavy atom. The topological polar surface area (TPSA) is 88.3 Å². The van der Waals surface area contributed by atoms with Crippen molar-refractivity contribution in [3.63, 3.8) is 0 Å². The van der Waals surface area contributed by atoms with E-state index in [1.54, 1.807) is 0 Å². The molecule has 0 saturated carbocycles. The van der Waals surface area contributed by atoms with Crippen LogP contribution in [-0.4, -0.2) is 39.4 Å². The lowest BCUT2D eigenvalue weighted by atomic mass is 10.1. The first-order valence-corrected chi connectivity index (χ1v) is 5.04. The first-order valence-electron chi connectivity index (χ1n) is 5.04. The van der Waals surface area contributed by atoms with E-state index < -0.39 is 6.04 Å². The zero-order chi connectivity index (χ0) is 11.5. The van der Waals surface area contributed by atoms with Crippen LogP contribution in [0.4, 0.5) is 0 Å². The third-order valence-corrected chi connectivity index (χ3v) is 2.43. The van der Waals surface area contributed by atoms with Gasteiger partial charge in [0.1, 0.15) is 12.6 Å². The molecule has 0 bridgehead atoms. The summed E-state index contributed by atoms with van der Waals surface area (Å²) >= 11 is 0. The molecule has 0 aliphatic carbocycles. The minimum Gasteiger partial charge on any atom is -0.343 e. The number of carbonyl (C=O) groups excluding carboxylic acids is 2. The van der Waals surface area contributed by atoms with Gasteiger partial charge in [-0.2, -0.15) is 4.98 Å². The van der Waals surface area contributed by atoms with Crippen molar-refractivity contribution in [3.05, 3.63) is 12.2 Å². The maximum Gasteiger partial charge on any atom is 0.246 e. The number of aromatic nitrogens is 2. The highest BCUT2D eigenvalue weighted by Crippen LogP contribution is 2.08. The molecule has 0 spiro atoms. The van der Waals surface area contributed by atoms with Gasteiger partial charge in [0.15, 0.2) is 5.82 Å². The second-order valence-corrected chi connectivity index (χ2v) is 3.57. The van der Waals surface area contributed by atoms with Gasteiger partial charge in [0.25, 0.3) is 0 Å². The number of amides is 2. The van der Waals surface area contributed by atoms with Crippen LogP contribution in [0.1, 0.15) is 19.2 Å². The van der Waals surface area contributed by atoms with Crippen molar-refractivity contribution in [3.8, 4) is 0 Å². The van der Waals surface area contributed by atoms with Crippen molar-refractivity contribution in [2.45, 2.75) is 25.9 Å². The number of nitrogens with zero attached hydrogens (tertiary/aromatic N) is 3. The molecule has 2 heterocycles. The first-order chi connectivity index (χ1) is 7.70. The van der Waals surface area contributed by atoms with Gasteiger partial charge in [-0.15, -0.1) is 0 Å². The van der Waals surface area contributed by atoms with Crippen LogP contribution in [-0.2, 0) is 16.1 Å². The molecule has 7 nitrogen and oxygen atoms in total. The smallest absolute Gasteiger partial charge is 0.246 e. The molecule has 2 rings (SSSR count). The Bertz CT molecular complexity index is 389. The average molecular weight is 224 g/mol. The van der Waals surface area contributed by atoms with Gasteiger partial charge < -0.3 is 14.7 Å². The van der Waals surface area contributed by atoms with Crippen LogP contribution in [0.25, 0.3) is 0 Å². The Kier molecular flexibility index (Phi) is 2.84. The lowest BCUT2D eigenvalue weighted by Gasteiger charge is -2.31. The van der Waals surface area contributed by atoms with Crippen LogP contribution in [0.3, 0.4) is 0 Å². The lowest BCUT2D eigenvalue weighted by Crippen LogP contribution is -2.57. The predicted octanol–water partition coefficient (Wildman–Crippen LogP) is -0.693. The summed E-state index contributed by atoms with van der Waals surface area (Å²) in [4.78, 5) is 28.4. The van der Waals surface area contributed by atoms with Crippen LogP contribution in [0.5, 0.6) is 0 Å². The van der Waals surface area contributed by atoms with Gasteiger partial charge in [0.05, 0.1) is 6.54 Å². The minimum absolute atomic E-state index is 0.0455. The van der Waals surface area contributed by atoms with Gasteiger partial charge in [-0.05, 0) is 6.42 Å². The normalized spacial score (nSPS) is 21.1. The third kappa shape index (κ3) is 2.02. The third-order valence-electron chi connectivity index (χ3n) is 2.43. The van der Waals surface area contributed by atoms with Crippen molar-refractivity contribution in [2.75, 3.05) is 6.54 Å². The van der Waals surface area contributed by atoms with E-state index in [1.165, 1.54) is 11.3 Å². The fourth-order valence-corrected chi connectivity index (χ4v) is 1.62. The molecule has 1 unspecified atom stereocenters. The van der Waals surface area contributed by atoms with Gasteiger partial charge in [0.2, 0.25) is 18.2 Å². The summed E-state index contributed by atoms with van der Waals surface area (Å²) in [5.41, 5.74) is 0. The first kappa shape index (κ1) is 10.6. The van der Waals surface area contributed by atoms with E-state index in [0.29, 0.717) is 12.2 Å². The van der Waals surface area contributed by atoms with Crippen LogP contribution in [0, 0.1) is 0 Å². The summed E-state index contributed by atoms with van der Waals surface area (Å²) < 4.78 is 4.57. The van der Waals surface area contributed by atoms with Gasteiger partial charge in [-0.1, -0.05) is 12.1 Å². The Labute approximate surface area is 91.8 Å². The van der Waals surface area contributed by atoms with Crippen molar-refractivity contribution in [1.82, 2.24) is 20.4 Å². The molecule has 0 radical (unpaired) electrons. The molecule has 1 atom stereocenters. The summed E-state index contributed by atoms with van der Waals surface area (Å²) in [6.07, 6.45) is 1.77. The van der Waals surface area contributed by atoms with Crippen LogP contribution in [0.15, 0.2) is 10.9 Å². The predicted molar refractivity (Wildman–Crippen MR) is 51.9 cm³/mol. The van der Waals surface area contributed by atoms with Gasteiger partial charge in [-0.3, -0.25) is 9.59 Å². The van der Waals surface area contributed by atoms with Crippen LogP contribution in [0.2, 0.25) is 0 Å². The van der Waals surface area contributed by atoms with E-state index in [1.807, 2.05) is 6.92 Å². The Hall–Kier alpha value is -1.92. The molecule has 7 heteroatoms. The molecule has 1 aliphatic rings. The van der Waals surface area contributed by atoms with E-state index in [4.69, 9.17) is 0 Å². The highest BCUT2D eigenvalue weighted by Gasteiger charge is 2.31. The van der Waals surface area contributed by atoms with Gasteiger partial charge in [-0.25, -0.2) is 0 Å². The average Bonchev–Trinajstić information content (AvgIpc) is 2.75. The van der Waals surface area contributed by atoms with Crippen LogP contribution >= 0.6 is 0 Å². The molecule has 1 aromatic heterocycles. The lowest BCUT2D eigenvalue weighted by molar-refractivity contribution is -0.145. The SMILES string of the molecule is CCC1NC(=O)CN(Cc2ncon2)C1=O. The van der Waals surface area contributed by atoms with Gasteiger partial charge >= 0.3 is 0 Å². The molecule has 1 aromatic rings. The van der Waals surface area contributed by atoms with E-state index >= 15 is 0 Å². The standard InChI is InChI=1S/C9H12N4O3/c1-2-6-9(15)13(4-8(14)11-6)3-7-10-5-16-12-7/h5-6H,2-4H2,1H3,(H,11,14). The van der Waals surface area contributed by atoms with Crippen molar-refractivity contribution in [2.24, 2.45) is 0 Å². The number of rotatable bonds is 3. The van der Waals surface area contributed by atoms with E-state index in [0.717, 1.165) is 0 Å². The fraction of sp³-hybridized carbons (Fsp3) is 0.556. The molecule has 1 fully saturated rings. The maximum absolute atomic E-state index is 11.9. The molecule has 1 aliphatic heterocycles. The molecule has 1 saturated heterocycles. The van der Waals surface area contributed by atoms with Crippen molar-refractivity contribution >= 4 is 11.8 Å². The van der Waals surface area contributed by atoms with Crippen molar-refractivity contribution in [1.29, 1.82) is 0 Å². The largest absolute Gasteiger partial charge is 0.343 e. The summed E-state index contributed by atoms with van der Waals surface area (Å²) in [6, 6.07) is -0.437. The summed E-state index contributed by atoms with van der Waals surface area (Å²) in [5, 5.41) is 6.24. The molecule has 16 heavy (non-hydrogen) atoms. The van der Waals surface area contributed by atoms with Gasteiger partial charge in [0, 0.05) is 0 Å². The molecule has 0 aromatic carbocycles. The Morgan fingerprint density at radius 3 is 3.06 bits per heavy atom. The minimum atomic E-state index is -0.437. The zero-order valence-electron chi connectivity index (χ0n) is 8.84. The van der Waals surface area contributed by atoms with Crippen molar-refractivity contribution < 1.29 is 14.1 Å². The van der Waals surface area contributed by atoms with E-state index in [9.17, 15) is 9.59 Å². The number of piperazine rings is 1. The summed E-state index contributed by atoms with van der Waals surface area (Å²) in [5.74, 6) is 0.139. The monoisotopic (exact) mass is 224 g/mol. The molecular weight excluding hydrogens is 212 g/mol. The Balaban J connectivity index is 2.08. The quantitative estimate of drug-likeness (QED) is 0.733. The van der Waals surface area contributed by atoms with E-state index in [2.05, 4.69) is 20.0 Å². The molecular formula is C9H12N4O3. The number of hydrogen-bond acceptors (Lipinski definition) is 5. The molecule has 2 amide bonds.